The van der Waals surface area contributed by atoms with Crippen molar-refractivity contribution in [2.75, 3.05) is 0 Å². The molecule has 2 aromatic carbocycles. The Hall–Kier alpha value is -3.94. The largest absolute Gasteiger partial charge is 0.494 e. The molecule has 0 bridgehead atoms. The van der Waals surface area contributed by atoms with Crippen LogP contribution in [0.25, 0.3) is 0 Å². The molecule has 1 heterocycles. The second kappa shape index (κ2) is 7.52. The molecule has 0 aliphatic rings. The van der Waals surface area contributed by atoms with Crippen LogP contribution in [0.2, 0.25) is 0 Å². The Balaban J connectivity index is 1.95. The summed E-state index contributed by atoms with van der Waals surface area (Å²) in [6, 6.07) is 14.7. The number of carbonyl (C=O) groups is 1. The van der Waals surface area contributed by atoms with Crippen LogP contribution < -0.4 is 11.2 Å². The minimum Gasteiger partial charge on any atom is -0.494 e. The second-order valence-corrected chi connectivity index (χ2v) is 5.68. The molecule has 3 N–H and O–H groups in total. The van der Waals surface area contributed by atoms with Gasteiger partial charge in [-0.3, -0.25) is 19.3 Å². The van der Waals surface area contributed by atoms with Crippen LogP contribution in [-0.2, 0) is 6.54 Å². The molecule has 0 radical (unpaired) electrons. The van der Waals surface area contributed by atoms with Crippen molar-refractivity contribution in [1.29, 1.82) is 0 Å². The van der Waals surface area contributed by atoms with Crippen LogP contribution in [0.1, 0.15) is 21.5 Å². The van der Waals surface area contributed by atoms with Crippen LogP contribution in [0, 0.1) is 0 Å². The Morgan fingerprint density at radius 3 is 2.37 bits per heavy atom. The molecule has 0 saturated heterocycles. The number of aromatic amines is 1. The number of aliphatic imine (C=N–C) groups is 1. The van der Waals surface area contributed by atoms with E-state index in [1.165, 1.54) is 24.3 Å². The number of benzene rings is 2. The number of aromatic hydroxyl groups is 1. The van der Waals surface area contributed by atoms with Gasteiger partial charge in [0, 0.05) is 6.21 Å². The molecule has 3 aromatic rings. The second-order valence-electron chi connectivity index (χ2n) is 5.68. The summed E-state index contributed by atoms with van der Waals surface area (Å²) in [5, 5.41) is 19.3. The number of carboxylic acid groups (broad SMARTS) is 1. The van der Waals surface area contributed by atoms with Crippen LogP contribution >= 0.6 is 0 Å². The van der Waals surface area contributed by atoms with Gasteiger partial charge in [0.1, 0.15) is 5.56 Å². The van der Waals surface area contributed by atoms with Crippen LogP contribution in [-0.4, -0.2) is 31.9 Å². The lowest BCUT2D eigenvalue weighted by Gasteiger charge is -2.09. The van der Waals surface area contributed by atoms with Crippen molar-refractivity contribution >= 4 is 17.9 Å². The smallest absolute Gasteiger partial charge is 0.335 e. The van der Waals surface area contributed by atoms with Gasteiger partial charge in [0.15, 0.2) is 0 Å². The zero-order chi connectivity index (χ0) is 19.4. The topological polar surface area (TPSA) is 125 Å². The molecule has 0 spiro atoms. The SMILES string of the molecule is O=C(O)c1ccc(N=Cc2c(O)n(Cc3ccccc3)c(=O)[nH]c2=O)cc1. The van der Waals surface area contributed by atoms with E-state index in [-0.39, 0.29) is 17.7 Å². The molecule has 8 heteroatoms. The first-order valence-corrected chi connectivity index (χ1v) is 7.93. The van der Waals surface area contributed by atoms with E-state index in [9.17, 15) is 19.5 Å². The normalized spacial score (nSPS) is 11.0. The number of hydrogen-bond donors (Lipinski definition) is 3. The Kier molecular flexibility index (Phi) is 4.98. The lowest BCUT2D eigenvalue weighted by molar-refractivity contribution is 0.0697. The highest BCUT2D eigenvalue weighted by atomic mass is 16.4. The quantitative estimate of drug-likeness (QED) is 0.594. The van der Waals surface area contributed by atoms with E-state index in [1.54, 1.807) is 24.3 Å². The highest BCUT2D eigenvalue weighted by Crippen LogP contribution is 2.15. The molecule has 0 saturated carbocycles. The standard InChI is InChI=1S/C19H15N3O5/c23-16-15(10-20-14-8-6-13(7-9-14)18(25)26)17(24)22(19(27)21-16)11-12-4-2-1-3-5-12/h1-10,24H,11H2,(H,25,26)(H,21,23,27). The van der Waals surface area contributed by atoms with Gasteiger partial charge in [-0.2, -0.15) is 0 Å². The first-order valence-electron chi connectivity index (χ1n) is 7.93. The zero-order valence-corrected chi connectivity index (χ0v) is 14.0. The molecule has 8 nitrogen and oxygen atoms in total. The Bertz CT molecular complexity index is 1110. The van der Waals surface area contributed by atoms with Gasteiger partial charge in [0.05, 0.1) is 17.8 Å². The maximum absolute atomic E-state index is 12.0. The Labute approximate surface area is 152 Å². The first-order chi connectivity index (χ1) is 13.0. The van der Waals surface area contributed by atoms with Gasteiger partial charge in [-0.1, -0.05) is 30.3 Å². The molecule has 0 aliphatic carbocycles. The van der Waals surface area contributed by atoms with Crippen LogP contribution in [0.4, 0.5) is 5.69 Å². The van der Waals surface area contributed by atoms with E-state index in [0.717, 1.165) is 16.3 Å². The number of rotatable bonds is 5. The van der Waals surface area contributed by atoms with Crippen molar-refractivity contribution in [3.8, 4) is 5.88 Å². The highest BCUT2D eigenvalue weighted by Gasteiger charge is 2.13. The number of nitrogens with one attached hydrogen (secondary N) is 1. The molecule has 0 unspecified atom stereocenters. The molecule has 136 valence electrons. The van der Waals surface area contributed by atoms with E-state index in [1.807, 2.05) is 6.07 Å². The first kappa shape index (κ1) is 17.9. The van der Waals surface area contributed by atoms with E-state index in [4.69, 9.17) is 5.11 Å². The molecular formula is C19H15N3O5. The maximum Gasteiger partial charge on any atom is 0.335 e. The van der Waals surface area contributed by atoms with Crippen molar-refractivity contribution in [2.24, 2.45) is 4.99 Å². The van der Waals surface area contributed by atoms with Crippen LogP contribution in [0.3, 0.4) is 0 Å². The van der Waals surface area contributed by atoms with Gasteiger partial charge < -0.3 is 10.2 Å². The monoisotopic (exact) mass is 365 g/mol. The number of nitrogens with zero attached hydrogens (tertiary/aromatic N) is 2. The van der Waals surface area contributed by atoms with Gasteiger partial charge in [-0.25, -0.2) is 9.59 Å². The predicted molar refractivity (Wildman–Crippen MR) is 99.2 cm³/mol. The van der Waals surface area contributed by atoms with Crippen molar-refractivity contribution in [2.45, 2.75) is 6.54 Å². The lowest BCUT2D eigenvalue weighted by atomic mass is 10.2. The van der Waals surface area contributed by atoms with E-state index in [0.29, 0.717) is 5.69 Å². The third-order valence-electron chi connectivity index (χ3n) is 3.85. The number of hydrogen-bond acceptors (Lipinski definition) is 5. The minimum absolute atomic E-state index is 0.0798. The molecule has 1 aromatic heterocycles. The maximum atomic E-state index is 12.0. The Morgan fingerprint density at radius 1 is 1.07 bits per heavy atom. The number of H-pyrrole nitrogens is 1. The molecule has 3 rings (SSSR count). The average Bonchev–Trinajstić information content (AvgIpc) is 2.66. The lowest BCUT2D eigenvalue weighted by Crippen LogP contribution is -2.32. The van der Waals surface area contributed by atoms with E-state index in [2.05, 4.69) is 9.98 Å². The van der Waals surface area contributed by atoms with Crippen molar-refractivity contribution < 1.29 is 15.0 Å². The van der Waals surface area contributed by atoms with E-state index >= 15 is 0 Å². The highest BCUT2D eigenvalue weighted by molar-refractivity contribution is 5.88. The summed E-state index contributed by atoms with van der Waals surface area (Å²) in [5.74, 6) is -1.56. The summed E-state index contributed by atoms with van der Waals surface area (Å²) in [6.45, 7) is 0.0798. The summed E-state index contributed by atoms with van der Waals surface area (Å²) in [4.78, 5) is 41.1. The molecule has 0 fully saturated rings. The van der Waals surface area contributed by atoms with Gasteiger partial charge >= 0.3 is 11.7 Å². The number of aromatic nitrogens is 2. The third-order valence-corrected chi connectivity index (χ3v) is 3.85. The number of aromatic carboxylic acids is 1. The summed E-state index contributed by atoms with van der Waals surface area (Å²) in [5.41, 5.74) is -0.412. The van der Waals surface area contributed by atoms with Crippen LogP contribution in [0.5, 0.6) is 5.88 Å². The fraction of sp³-hybridized carbons (Fsp3) is 0.0526. The van der Waals surface area contributed by atoms with Crippen molar-refractivity contribution in [1.82, 2.24) is 9.55 Å². The van der Waals surface area contributed by atoms with Crippen molar-refractivity contribution in [3.63, 3.8) is 0 Å². The van der Waals surface area contributed by atoms with E-state index < -0.39 is 23.1 Å². The molecule has 0 atom stereocenters. The van der Waals surface area contributed by atoms with Crippen molar-refractivity contribution in [3.05, 3.63) is 92.1 Å². The fourth-order valence-corrected chi connectivity index (χ4v) is 2.43. The van der Waals surface area contributed by atoms with Gasteiger partial charge in [0.2, 0.25) is 5.88 Å². The zero-order valence-electron chi connectivity index (χ0n) is 14.0. The average molecular weight is 365 g/mol. The minimum atomic E-state index is -1.06. The predicted octanol–water partition coefficient (Wildman–Crippen LogP) is 1.74. The summed E-state index contributed by atoms with van der Waals surface area (Å²) in [7, 11) is 0. The molecule has 0 aliphatic heterocycles. The van der Waals surface area contributed by atoms with Gasteiger partial charge in [-0.05, 0) is 29.8 Å². The molecule has 27 heavy (non-hydrogen) atoms. The number of carboxylic acids is 1. The third kappa shape index (κ3) is 4.01. The molecular weight excluding hydrogens is 350 g/mol. The van der Waals surface area contributed by atoms with Gasteiger partial charge in [-0.15, -0.1) is 0 Å². The fourth-order valence-electron chi connectivity index (χ4n) is 2.43. The summed E-state index contributed by atoms with van der Waals surface area (Å²) < 4.78 is 1.03. The summed E-state index contributed by atoms with van der Waals surface area (Å²) in [6.07, 6.45) is 1.13. The van der Waals surface area contributed by atoms with Gasteiger partial charge in [0.25, 0.3) is 5.56 Å². The summed E-state index contributed by atoms with van der Waals surface area (Å²) >= 11 is 0. The Morgan fingerprint density at radius 2 is 1.74 bits per heavy atom. The molecule has 0 amide bonds. The van der Waals surface area contributed by atoms with Crippen LogP contribution in [0.15, 0.2) is 69.2 Å².